The van der Waals surface area contributed by atoms with Gasteiger partial charge in [0.1, 0.15) is 0 Å². The second kappa shape index (κ2) is 11.7. The third-order valence-electron chi connectivity index (χ3n) is 7.81. The Bertz CT molecular complexity index is 1030. The van der Waals surface area contributed by atoms with E-state index in [1.165, 1.54) is 0 Å². The van der Waals surface area contributed by atoms with E-state index >= 15 is 0 Å². The van der Waals surface area contributed by atoms with Crippen LogP contribution in [0.4, 0.5) is 0 Å². The molecule has 2 aliphatic heterocycles. The van der Waals surface area contributed by atoms with Gasteiger partial charge in [-0.05, 0) is 68.0 Å². The summed E-state index contributed by atoms with van der Waals surface area (Å²) < 4.78 is 0. The summed E-state index contributed by atoms with van der Waals surface area (Å²) in [5.41, 5.74) is 1.12. The summed E-state index contributed by atoms with van der Waals surface area (Å²) in [6, 6.07) is 15.3. The average molecular weight is 547 g/mol. The second-order valence-electron chi connectivity index (χ2n) is 10.9. The standard InChI is InChI=1S/C29H37Cl2N3O3/c1-20(35)32-14-12-21(13-15-32)18-27(36)34-17-16-33(19-26(34)29(2,3)37)28(22-4-8-24(30)9-5-22)23-6-10-25(31)11-7-23/h4-11,21,26,28,37H,12-19H2,1-3H3. The zero-order valence-electron chi connectivity index (χ0n) is 21.9. The zero-order chi connectivity index (χ0) is 26.7. The van der Waals surface area contributed by atoms with Crippen LogP contribution in [0.1, 0.15) is 57.2 Å². The van der Waals surface area contributed by atoms with E-state index in [4.69, 9.17) is 23.2 Å². The Morgan fingerprint density at radius 1 is 0.919 bits per heavy atom. The Morgan fingerprint density at radius 2 is 1.43 bits per heavy atom. The van der Waals surface area contributed by atoms with Crippen LogP contribution in [-0.2, 0) is 9.59 Å². The van der Waals surface area contributed by atoms with Gasteiger partial charge in [0, 0.05) is 56.1 Å². The quantitative estimate of drug-likeness (QED) is 0.553. The van der Waals surface area contributed by atoms with E-state index in [1.54, 1.807) is 20.8 Å². The van der Waals surface area contributed by atoms with Crippen LogP contribution in [0.2, 0.25) is 10.0 Å². The van der Waals surface area contributed by atoms with Gasteiger partial charge in [0.25, 0.3) is 0 Å². The minimum Gasteiger partial charge on any atom is -0.388 e. The summed E-state index contributed by atoms with van der Waals surface area (Å²) in [7, 11) is 0. The third kappa shape index (κ3) is 6.85. The predicted octanol–water partition coefficient (Wildman–Crippen LogP) is 5.02. The minimum absolute atomic E-state index is 0.0625. The molecule has 0 radical (unpaired) electrons. The monoisotopic (exact) mass is 545 g/mol. The van der Waals surface area contributed by atoms with Crippen LogP contribution in [0.15, 0.2) is 48.5 Å². The van der Waals surface area contributed by atoms with Crippen molar-refractivity contribution in [3.05, 3.63) is 69.7 Å². The first-order valence-corrected chi connectivity index (χ1v) is 13.8. The van der Waals surface area contributed by atoms with Crippen molar-refractivity contribution in [3.8, 4) is 0 Å². The molecule has 0 aromatic heterocycles. The van der Waals surface area contributed by atoms with Gasteiger partial charge in [0.05, 0.1) is 17.7 Å². The fourth-order valence-corrected chi connectivity index (χ4v) is 5.91. The summed E-state index contributed by atoms with van der Waals surface area (Å²) in [6.07, 6.45) is 2.14. The number of piperazine rings is 1. The third-order valence-corrected chi connectivity index (χ3v) is 8.31. The van der Waals surface area contributed by atoms with Crippen molar-refractivity contribution >= 4 is 35.0 Å². The van der Waals surface area contributed by atoms with Crippen molar-refractivity contribution in [2.75, 3.05) is 32.7 Å². The molecule has 200 valence electrons. The molecule has 37 heavy (non-hydrogen) atoms. The summed E-state index contributed by atoms with van der Waals surface area (Å²) in [5.74, 6) is 0.445. The zero-order valence-corrected chi connectivity index (χ0v) is 23.4. The highest BCUT2D eigenvalue weighted by Gasteiger charge is 2.42. The van der Waals surface area contributed by atoms with Crippen molar-refractivity contribution in [2.24, 2.45) is 5.92 Å². The number of carbonyl (C=O) groups excluding carboxylic acids is 2. The molecule has 2 saturated heterocycles. The number of piperidine rings is 1. The van der Waals surface area contributed by atoms with E-state index in [0.29, 0.717) is 49.2 Å². The maximum Gasteiger partial charge on any atom is 0.223 e. The Balaban J connectivity index is 1.53. The lowest BCUT2D eigenvalue weighted by molar-refractivity contribution is -0.146. The molecule has 2 fully saturated rings. The van der Waals surface area contributed by atoms with Crippen LogP contribution in [-0.4, -0.2) is 76.0 Å². The van der Waals surface area contributed by atoms with Crippen LogP contribution in [0.25, 0.3) is 0 Å². The number of nitrogens with zero attached hydrogens (tertiary/aromatic N) is 3. The number of amides is 2. The van der Waals surface area contributed by atoms with Gasteiger partial charge in [-0.2, -0.15) is 0 Å². The van der Waals surface area contributed by atoms with Gasteiger partial charge in [0.2, 0.25) is 11.8 Å². The average Bonchev–Trinajstić information content (AvgIpc) is 2.86. The number of likely N-dealkylation sites (tertiary alicyclic amines) is 1. The Labute approximate surface area is 230 Å². The largest absolute Gasteiger partial charge is 0.388 e. The predicted molar refractivity (Wildman–Crippen MR) is 148 cm³/mol. The molecule has 0 spiro atoms. The van der Waals surface area contributed by atoms with Crippen molar-refractivity contribution in [1.29, 1.82) is 0 Å². The number of benzene rings is 2. The number of halogens is 2. The van der Waals surface area contributed by atoms with Crippen LogP contribution in [0.5, 0.6) is 0 Å². The number of hydrogen-bond acceptors (Lipinski definition) is 4. The lowest BCUT2D eigenvalue weighted by atomic mass is 9.89. The maximum absolute atomic E-state index is 13.5. The number of hydrogen-bond donors (Lipinski definition) is 1. The fourth-order valence-electron chi connectivity index (χ4n) is 5.66. The molecule has 2 heterocycles. The van der Waals surface area contributed by atoms with Crippen LogP contribution in [0, 0.1) is 5.92 Å². The van der Waals surface area contributed by atoms with Crippen LogP contribution in [0.3, 0.4) is 0 Å². The molecule has 1 unspecified atom stereocenters. The molecule has 0 saturated carbocycles. The molecule has 2 aromatic carbocycles. The second-order valence-corrected chi connectivity index (χ2v) is 11.8. The van der Waals surface area contributed by atoms with Gasteiger partial charge in [-0.25, -0.2) is 0 Å². The molecule has 0 aliphatic carbocycles. The van der Waals surface area contributed by atoms with Crippen LogP contribution < -0.4 is 0 Å². The molecule has 0 bridgehead atoms. The maximum atomic E-state index is 13.5. The van der Waals surface area contributed by atoms with E-state index in [9.17, 15) is 14.7 Å². The van der Waals surface area contributed by atoms with Crippen molar-refractivity contribution in [2.45, 2.75) is 57.7 Å². The van der Waals surface area contributed by atoms with Gasteiger partial charge in [0.15, 0.2) is 0 Å². The molecule has 4 rings (SSSR count). The molecule has 2 amide bonds. The minimum atomic E-state index is -1.07. The molecule has 2 aliphatic rings. The topological polar surface area (TPSA) is 64.1 Å². The molecule has 1 N–H and O–H groups in total. The summed E-state index contributed by atoms with van der Waals surface area (Å²) >= 11 is 12.4. The number of rotatable bonds is 6. The highest BCUT2D eigenvalue weighted by Crippen LogP contribution is 2.34. The first-order valence-electron chi connectivity index (χ1n) is 13.0. The van der Waals surface area contributed by atoms with Gasteiger partial charge in [-0.3, -0.25) is 14.5 Å². The SMILES string of the molecule is CC(=O)N1CCC(CC(=O)N2CCN(C(c3ccc(Cl)cc3)c3ccc(Cl)cc3)CC2C(C)(C)O)CC1. The first kappa shape index (κ1) is 27.9. The molecule has 1 atom stereocenters. The highest BCUT2D eigenvalue weighted by molar-refractivity contribution is 6.30. The van der Waals surface area contributed by atoms with Gasteiger partial charge in [-0.15, -0.1) is 0 Å². The Kier molecular flexibility index (Phi) is 8.85. The van der Waals surface area contributed by atoms with Crippen molar-refractivity contribution in [1.82, 2.24) is 14.7 Å². The van der Waals surface area contributed by atoms with E-state index in [1.807, 2.05) is 58.3 Å². The van der Waals surface area contributed by atoms with E-state index < -0.39 is 5.60 Å². The Hall–Kier alpha value is -2.12. The number of aliphatic hydroxyl groups is 1. The van der Waals surface area contributed by atoms with E-state index in [-0.39, 0.29) is 29.8 Å². The summed E-state index contributed by atoms with van der Waals surface area (Å²) in [6.45, 7) is 8.33. The van der Waals surface area contributed by atoms with Gasteiger partial charge < -0.3 is 14.9 Å². The molecule has 8 heteroatoms. The van der Waals surface area contributed by atoms with E-state index in [0.717, 1.165) is 24.0 Å². The highest BCUT2D eigenvalue weighted by atomic mass is 35.5. The fraction of sp³-hybridized carbons (Fsp3) is 0.517. The van der Waals surface area contributed by atoms with Gasteiger partial charge >= 0.3 is 0 Å². The lowest BCUT2D eigenvalue weighted by Crippen LogP contribution is -2.63. The Morgan fingerprint density at radius 3 is 1.89 bits per heavy atom. The molecular formula is C29H37Cl2N3O3. The summed E-state index contributed by atoms with van der Waals surface area (Å²) in [5, 5.41) is 12.5. The molecule has 2 aromatic rings. The molecular weight excluding hydrogens is 509 g/mol. The lowest BCUT2D eigenvalue weighted by Gasteiger charge is -2.49. The summed E-state index contributed by atoms with van der Waals surface area (Å²) in [4.78, 5) is 31.2. The van der Waals surface area contributed by atoms with E-state index in [2.05, 4.69) is 4.90 Å². The van der Waals surface area contributed by atoms with Crippen molar-refractivity contribution in [3.63, 3.8) is 0 Å². The molecule has 6 nitrogen and oxygen atoms in total. The first-order chi connectivity index (χ1) is 17.5. The van der Waals surface area contributed by atoms with Gasteiger partial charge in [-0.1, -0.05) is 47.5 Å². The normalized spacial score (nSPS) is 19.9. The van der Waals surface area contributed by atoms with Crippen molar-refractivity contribution < 1.29 is 14.7 Å². The number of carbonyl (C=O) groups is 2. The van der Waals surface area contributed by atoms with Crippen LogP contribution >= 0.6 is 23.2 Å². The smallest absolute Gasteiger partial charge is 0.223 e.